The topological polar surface area (TPSA) is 49.4 Å². The zero-order valence-electron chi connectivity index (χ0n) is 12.9. The average Bonchev–Trinajstić information content (AvgIpc) is 2.83. The molecule has 1 saturated heterocycles. The molecule has 2 atom stereocenters. The van der Waals surface area contributed by atoms with Crippen molar-refractivity contribution in [3.05, 3.63) is 0 Å². The number of piperidine rings is 1. The van der Waals surface area contributed by atoms with Crippen LogP contribution < -0.4 is 5.32 Å². The van der Waals surface area contributed by atoms with Crippen LogP contribution in [0.1, 0.15) is 52.4 Å². The number of nitrogens with one attached hydrogen (secondary N) is 1. The second-order valence-electron chi connectivity index (χ2n) is 6.70. The molecule has 1 heterocycles. The first-order chi connectivity index (χ1) is 9.58. The molecule has 1 aliphatic carbocycles. The summed E-state index contributed by atoms with van der Waals surface area (Å²) >= 11 is 0. The number of amides is 1. The predicted octanol–water partition coefficient (Wildman–Crippen LogP) is 1.98. The number of hydrogen-bond donors (Lipinski definition) is 1. The van der Waals surface area contributed by atoms with Gasteiger partial charge in [0.15, 0.2) is 0 Å². The van der Waals surface area contributed by atoms with Gasteiger partial charge in [0, 0.05) is 24.9 Å². The van der Waals surface area contributed by atoms with E-state index in [1.54, 1.807) is 0 Å². The molecule has 0 radical (unpaired) electrons. The standard InChI is InChI=1S/C16H28N2O2/c1-12(2)10-17-16(20)11-18-9-4-3-7-14(18)13-6-5-8-15(13)19/h12-14H,3-11H2,1-2H3,(H,17,20). The molecule has 0 aromatic rings. The molecular formula is C16H28N2O2. The molecule has 20 heavy (non-hydrogen) atoms. The highest BCUT2D eigenvalue weighted by Gasteiger charge is 2.37. The van der Waals surface area contributed by atoms with E-state index in [4.69, 9.17) is 0 Å². The molecule has 4 nitrogen and oxygen atoms in total. The summed E-state index contributed by atoms with van der Waals surface area (Å²) in [7, 11) is 0. The molecule has 1 N–H and O–H groups in total. The van der Waals surface area contributed by atoms with E-state index in [0.29, 0.717) is 24.3 Å². The normalized spacial score (nSPS) is 28.1. The maximum Gasteiger partial charge on any atom is 0.234 e. The van der Waals surface area contributed by atoms with Gasteiger partial charge in [-0.25, -0.2) is 0 Å². The Morgan fingerprint density at radius 1 is 1.30 bits per heavy atom. The SMILES string of the molecule is CC(C)CNC(=O)CN1CCCCC1C1CCCC1=O. The Kier molecular flexibility index (Phi) is 5.58. The van der Waals surface area contributed by atoms with Gasteiger partial charge in [0.25, 0.3) is 0 Å². The summed E-state index contributed by atoms with van der Waals surface area (Å²) in [6.45, 7) is 6.35. The zero-order chi connectivity index (χ0) is 14.5. The van der Waals surface area contributed by atoms with E-state index in [1.807, 2.05) is 0 Å². The van der Waals surface area contributed by atoms with Crippen molar-refractivity contribution in [1.29, 1.82) is 0 Å². The van der Waals surface area contributed by atoms with E-state index in [2.05, 4.69) is 24.1 Å². The number of hydrogen-bond acceptors (Lipinski definition) is 3. The monoisotopic (exact) mass is 280 g/mol. The van der Waals surface area contributed by atoms with E-state index in [9.17, 15) is 9.59 Å². The van der Waals surface area contributed by atoms with Crippen molar-refractivity contribution >= 4 is 11.7 Å². The van der Waals surface area contributed by atoms with Crippen molar-refractivity contribution < 1.29 is 9.59 Å². The molecule has 2 aliphatic rings. The molecule has 1 saturated carbocycles. The molecule has 4 heteroatoms. The molecule has 0 bridgehead atoms. The second kappa shape index (κ2) is 7.21. The van der Waals surface area contributed by atoms with Crippen molar-refractivity contribution in [1.82, 2.24) is 10.2 Å². The summed E-state index contributed by atoms with van der Waals surface area (Å²) in [6.07, 6.45) is 6.22. The van der Waals surface area contributed by atoms with Gasteiger partial charge in [0.1, 0.15) is 5.78 Å². The maximum absolute atomic E-state index is 12.0. The molecule has 0 spiro atoms. The number of rotatable bonds is 5. The highest BCUT2D eigenvalue weighted by atomic mass is 16.2. The number of carbonyl (C=O) groups excluding carboxylic acids is 2. The van der Waals surface area contributed by atoms with Crippen LogP contribution >= 0.6 is 0 Å². The third-order valence-corrected chi connectivity index (χ3v) is 4.53. The fourth-order valence-corrected chi connectivity index (χ4v) is 3.48. The lowest BCUT2D eigenvalue weighted by atomic mass is 9.88. The Balaban J connectivity index is 1.89. The van der Waals surface area contributed by atoms with Crippen LogP contribution in [0.5, 0.6) is 0 Å². The lowest BCUT2D eigenvalue weighted by Gasteiger charge is -2.38. The summed E-state index contributed by atoms with van der Waals surface area (Å²) in [6, 6.07) is 0.309. The Morgan fingerprint density at radius 3 is 2.75 bits per heavy atom. The third kappa shape index (κ3) is 4.05. The summed E-state index contributed by atoms with van der Waals surface area (Å²) in [5.74, 6) is 1.20. The molecule has 114 valence electrons. The van der Waals surface area contributed by atoms with Crippen LogP contribution in [-0.4, -0.2) is 42.3 Å². The number of Topliss-reactive ketones (excluding diaryl/α,β-unsaturated/α-hetero) is 1. The van der Waals surface area contributed by atoms with Crippen LogP contribution in [0.15, 0.2) is 0 Å². The molecule has 1 aliphatic heterocycles. The van der Waals surface area contributed by atoms with Gasteiger partial charge in [-0.05, 0) is 38.1 Å². The van der Waals surface area contributed by atoms with Gasteiger partial charge in [0.05, 0.1) is 6.54 Å². The Hall–Kier alpha value is -0.900. The highest BCUT2D eigenvalue weighted by molar-refractivity contribution is 5.84. The minimum atomic E-state index is 0.107. The maximum atomic E-state index is 12.0. The summed E-state index contributed by atoms with van der Waals surface area (Å²) < 4.78 is 0. The van der Waals surface area contributed by atoms with Gasteiger partial charge in [-0.15, -0.1) is 0 Å². The van der Waals surface area contributed by atoms with E-state index in [1.165, 1.54) is 6.42 Å². The van der Waals surface area contributed by atoms with Crippen LogP contribution in [0.25, 0.3) is 0 Å². The fraction of sp³-hybridized carbons (Fsp3) is 0.875. The Bertz CT molecular complexity index is 354. The van der Waals surface area contributed by atoms with Gasteiger partial charge in [-0.3, -0.25) is 14.5 Å². The van der Waals surface area contributed by atoms with Crippen LogP contribution in [-0.2, 0) is 9.59 Å². The summed E-state index contributed by atoms with van der Waals surface area (Å²) in [5, 5.41) is 2.99. The summed E-state index contributed by atoms with van der Waals surface area (Å²) in [4.78, 5) is 26.3. The van der Waals surface area contributed by atoms with E-state index in [0.717, 1.165) is 45.2 Å². The Labute approximate surface area is 122 Å². The smallest absolute Gasteiger partial charge is 0.234 e. The van der Waals surface area contributed by atoms with Crippen molar-refractivity contribution in [2.75, 3.05) is 19.6 Å². The molecule has 2 fully saturated rings. The molecule has 2 rings (SSSR count). The largest absolute Gasteiger partial charge is 0.355 e. The van der Waals surface area contributed by atoms with Crippen molar-refractivity contribution in [3.8, 4) is 0 Å². The summed E-state index contributed by atoms with van der Waals surface area (Å²) in [5.41, 5.74) is 0. The quantitative estimate of drug-likeness (QED) is 0.838. The predicted molar refractivity (Wildman–Crippen MR) is 79.4 cm³/mol. The van der Waals surface area contributed by atoms with Gasteiger partial charge in [-0.1, -0.05) is 20.3 Å². The Morgan fingerprint density at radius 2 is 2.10 bits per heavy atom. The number of ketones is 1. The van der Waals surface area contributed by atoms with Crippen molar-refractivity contribution in [3.63, 3.8) is 0 Å². The first kappa shape index (κ1) is 15.5. The fourth-order valence-electron chi connectivity index (χ4n) is 3.48. The van der Waals surface area contributed by atoms with Crippen LogP contribution in [0.3, 0.4) is 0 Å². The number of likely N-dealkylation sites (tertiary alicyclic amines) is 1. The third-order valence-electron chi connectivity index (χ3n) is 4.53. The zero-order valence-corrected chi connectivity index (χ0v) is 12.9. The minimum absolute atomic E-state index is 0.107. The van der Waals surface area contributed by atoms with Crippen molar-refractivity contribution in [2.45, 2.75) is 58.4 Å². The van der Waals surface area contributed by atoms with Crippen molar-refractivity contribution in [2.24, 2.45) is 11.8 Å². The van der Waals surface area contributed by atoms with E-state index in [-0.39, 0.29) is 11.8 Å². The van der Waals surface area contributed by atoms with Gasteiger partial charge < -0.3 is 5.32 Å². The number of carbonyl (C=O) groups is 2. The second-order valence-corrected chi connectivity index (χ2v) is 6.70. The van der Waals surface area contributed by atoms with Gasteiger partial charge >= 0.3 is 0 Å². The number of nitrogens with zero attached hydrogens (tertiary/aromatic N) is 1. The van der Waals surface area contributed by atoms with E-state index < -0.39 is 0 Å². The van der Waals surface area contributed by atoms with Crippen LogP contribution in [0, 0.1) is 11.8 Å². The molecule has 0 aromatic heterocycles. The lowest BCUT2D eigenvalue weighted by molar-refractivity contribution is -0.127. The van der Waals surface area contributed by atoms with Gasteiger partial charge in [-0.2, -0.15) is 0 Å². The minimum Gasteiger partial charge on any atom is -0.355 e. The van der Waals surface area contributed by atoms with Crippen LogP contribution in [0.2, 0.25) is 0 Å². The van der Waals surface area contributed by atoms with Gasteiger partial charge in [0.2, 0.25) is 5.91 Å². The molecule has 0 aromatic carbocycles. The molecular weight excluding hydrogens is 252 g/mol. The van der Waals surface area contributed by atoms with E-state index >= 15 is 0 Å². The molecule has 1 amide bonds. The first-order valence-corrected chi connectivity index (χ1v) is 8.11. The molecule has 2 unspecified atom stereocenters. The van der Waals surface area contributed by atoms with Crippen LogP contribution in [0.4, 0.5) is 0 Å². The average molecular weight is 280 g/mol. The highest BCUT2D eigenvalue weighted by Crippen LogP contribution is 2.32. The lowest BCUT2D eigenvalue weighted by Crippen LogP contribution is -2.49. The first-order valence-electron chi connectivity index (χ1n) is 8.11.